The molecule has 0 radical (unpaired) electrons. The van der Waals surface area contributed by atoms with Gasteiger partial charge in [-0.1, -0.05) is 18.2 Å². The molecule has 1 aromatic carbocycles. The van der Waals surface area contributed by atoms with Crippen molar-refractivity contribution < 1.29 is 14.7 Å². The van der Waals surface area contributed by atoms with Crippen molar-refractivity contribution >= 4 is 17.5 Å². The Kier molecular flexibility index (Phi) is 3.45. The van der Waals surface area contributed by atoms with E-state index >= 15 is 0 Å². The molecule has 5 nitrogen and oxygen atoms in total. The highest BCUT2D eigenvalue weighted by Crippen LogP contribution is 2.56. The van der Waals surface area contributed by atoms with Crippen LogP contribution in [-0.4, -0.2) is 36.1 Å². The summed E-state index contributed by atoms with van der Waals surface area (Å²) in [5.41, 5.74) is 2.15. The van der Waals surface area contributed by atoms with Crippen molar-refractivity contribution in [3.05, 3.63) is 29.8 Å². The fourth-order valence-corrected chi connectivity index (χ4v) is 2.98. The zero-order chi connectivity index (χ0) is 15.0. The first kappa shape index (κ1) is 14.1. The molecule has 2 amide bonds. The maximum Gasteiger partial charge on any atom is 0.316 e. The molecule has 0 aromatic heterocycles. The minimum atomic E-state index is -0.594. The van der Waals surface area contributed by atoms with E-state index in [1.807, 2.05) is 18.2 Å². The van der Waals surface area contributed by atoms with Gasteiger partial charge in [-0.25, -0.2) is 0 Å². The molecule has 1 heterocycles. The van der Waals surface area contributed by atoms with E-state index < -0.39 is 17.9 Å². The molecule has 1 atom stereocenters. The van der Waals surface area contributed by atoms with E-state index in [2.05, 4.69) is 11.4 Å². The van der Waals surface area contributed by atoms with Gasteiger partial charge in [0.05, 0.1) is 6.10 Å². The van der Waals surface area contributed by atoms with Gasteiger partial charge in [0.25, 0.3) is 0 Å². The molecule has 1 aliphatic heterocycles. The smallest absolute Gasteiger partial charge is 0.316 e. The van der Waals surface area contributed by atoms with Crippen LogP contribution in [-0.2, 0) is 15.0 Å². The lowest BCUT2D eigenvalue weighted by Crippen LogP contribution is -2.43. The Hall–Kier alpha value is -1.88. The van der Waals surface area contributed by atoms with Crippen LogP contribution in [0.1, 0.15) is 31.7 Å². The lowest BCUT2D eigenvalue weighted by atomic mass is 9.99. The van der Waals surface area contributed by atoms with Crippen molar-refractivity contribution in [2.45, 2.75) is 37.7 Å². The van der Waals surface area contributed by atoms with Crippen LogP contribution in [0.15, 0.2) is 24.3 Å². The van der Waals surface area contributed by atoms with Crippen LogP contribution in [0.25, 0.3) is 0 Å². The lowest BCUT2D eigenvalue weighted by molar-refractivity contribution is -0.137. The molecule has 112 valence electrons. The van der Waals surface area contributed by atoms with Gasteiger partial charge in [0.2, 0.25) is 0 Å². The number of aliphatic hydroxyl groups is 1. The number of benzene rings is 1. The summed E-state index contributed by atoms with van der Waals surface area (Å²) in [5, 5.41) is 11.8. The van der Waals surface area contributed by atoms with Gasteiger partial charge in [0.1, 0.15) is 0 Å². The third-order valence-corrected chi connectivity index (χ3v) is 4.37. The number of nitrogens with one attached hydrogen (secondary N) is 1. The number of rotatable bonds is 3. The quantitative estimate of drug-likeness (QED) is 0.814. The van der Waals surface area contributed by atoms with Crippen LogP contribution in [0.2, 0.25) is 0 Å². The van der Waals surface area contributed by atoms with Crippen LogP contribution < -0.4 is 10.2 Å². The fourth-order valence-electron chi connectivity index (χ4n) is 2.98. The largest absolute Gasteiger partial charge is 0.393 e. The Morgan fingerprint density at radius 1 is 1.38 bits per heavy atom. The Balaban J connectivity index is 1.70. The predicted octanol–water partition coefficient (Wildman–Crippen LogP) is 0.952. The van der Waals surface area contributed by atoms with E-state index in [1.165, 1.54) is 5.56 Å². The second kappa shape index (κ2) is 5.15. The van der Waals surface area contributed by atoms with Crippen LogP contribution >= 0.6 is 0 Å². The zero-order valence-corrected chi connectivity index (χ0v) is 12.1. The Bertz CT molecular complexity index is 579. The van der Waals surface area contributed by atoms with E-state index in [-0.39, 0.29) is 5.41 Å². The standard InChI is InChI=1S/C16H20N2O3/c1-11(19)6-9-17-14(20)15(21)18-10-16(7-8-16)12-4-2-3-5-13(12)18/h2-5,11,19H,6-10H2,1H3,(H,17,20). The monoisotopic (exact) mass is 288 g/mol. The number of carbonyl (C=O) groups is 2. The van der Waals surface area contributed by atoms with Crippen molar-refractivity contribution in [2.24, 2.45) is 0 Å². The number of hydrogen-bond acceptors (Lipinski definition) is 3. The summed E-state index contributed by atoms with van der Waals surface area (Å²) in [6, 6.07) is 7.84. The molecule has 2 aliphatic rings. The summed E-state index contributed by atoms with van der Waals surface area (Å²) in [6.07, 6.45) is 2.12. The molecule has 21 heavy (non-hydrogen) atoms. The highest BCUT2D eigenvalue weighted by molar-refractivity contribution is 6.40. The molecule has 1 aromatic rings. The van der Waals surface area contributed by atoms with Crippen molar-refractivity contribution in [3.8, 4) is 0 Å². The lowest BCUT2D eigenvalue weighted by Gasteiger charge is -2.17. The van der Waals surface area contributed by atoms with Crippen LogP contribution in [0.5, 0.6) is 0 Å². The average Bonchev–Trinajstić information content (AvgIpc) is 3.16. The van der Waals surface area contributed by atoms with Crippen molar-refractivity contribution in [2.75, 3.05) is 18.0 Å². The zero-order valence-electron chi connectivity index (χ0n) is 12.1. The molecule has 1 aliphatic carbocycles. The number of nitrogens with zero attached hydrogens (tertiary/aromatic N) is 1. The van der Waals surface area contributed by atoms with Gasteiger partial charge in [0, 0.05) is 24.2 Å². The first-order valence-corrected chi connectivity index (χ1v) is 7.41. The highest BCUT2D eigenvalue weighted by atomic mass is 16.3. The van der Waals surface area contributed by atoms with E-state index in [0.717, 1.165) is 18.5 Å². The molecule has 0 saturated heterocycles. The predicted molar refractivity (Wildman–Crippen MR) is 79.0 cm³/mol. The van der Waals surface area contributed by atoms with Crippen LogP contribution in [0, 0.1) is 0 Å². The molecular formula is C16H20N2O3. The molecule has 3 rings (SSSR count). The van der Waals surface area contributed by atoms with Crippen molar-refractivity contribution in [1.29, 1.82) is 0 Å². The van der Waals surface area contributed by atoms with E-state index in [9.17, 15) is 14.7 Å². The van der Waals surface area contributed by atoms with E-state index in [1.54, 1.807) is 11.8 Å². The molecule has 5 heteroatoms. The summed E-state index contributed by atoms with van der Waals surface area (Å²) >= 11 is 0. The average molecular weight is 288 g/mol. The van der Waals surface area contributed by atoms with Crippen molar-refractivity contribution in [3.63, 3.8) is 0 Å². The van der Waals surface area contributed by atoms with Gasteiger partial charge >= 0.3 is 11.8 Å². The Labute approximate surface area is 123 Å². The molecule has 1 saturated carbocycles. The number of fused-ring (bicyclic) bond motifs is 2. The number of hydrogen-bond donors (Lipinski definition) is 2. The summed E-state index contributed by atoms with van der Waals surface area (Å²) < 4.78 is 0. The molecule has 1 fully saturated rings. The first-order valence-electron chi connectivity index (χ1n) is 7.41. The number of amides is 2. The summed E-state index contributed by atoms with van der Waals surface area (Å²) in [7, 11) is 0. The number of aliphatic hydroxyl groups excluding tert-OH is 1. The maximum atomic E-state index is 12.4. The second-order valence-corrected chi connectivity index (χ2v) is 6.08. The fraction of sp³-hybridized carbons (Fsp3) is 0.500. The van der Waals surface area contributed by atoms with Gasteiger partial charge in [0.15, 0.2) is 0 Å². The topological polar surface area (TPSA) is 69.6 Å². The third kappa shape index (κ3) is 2.53. The van der Waals surface area contributed by atoms with Gasteiger partial charge < -0.3 is 15.3 Å². The molecule has 2 N–H and O–H groups in total. The minimum Gasteiger partial charge on any atom is -0.393 e. The van der Waals surface area contributed by atoms with Crippen LogP contribution in [0.3, 0.4) is 0 Å². The number of carbonyl (C=O) groups excluding carboxylic acids is 2. The molecular weight excluding hydrogens is 268 g/mol. The van der Waals surface area contributed by atoms with E-state index in [0.29, 0.717) is 19.5 Å². The maximum absolute atomic E-state index is 12.4. The highest BCUT2D eigenvalue weighted by Gasteiger charge is 2.53. The Morgan fingerprint density at radius 2 is 2.10 bits per heavy atom. The first-order chi connectivity index (χ1) is 10.0. The number of para-hydroxylation sites is 1. The minimum absolute atomic E-state index is 0.0894. The normalized spacial score (nSPS) is 19.2. The molecule has 1 unspecified atom stereocenters. The SMILES string of the molecule is CC(O)CCNC(=O)C(=O)N1CC2(CC2)c2ccccc21. The van der Waals surface area contributed by atoms with Gasteiger partial charge in [-0.2, -0.15) is 0 Å². The van der Waals surface area contributed by atoms with Crippen LogP contribution in [0.4, 0.5) is 5.69 Å². The Morgan fingerprint density at radius 3 is 2.76 bits per heavy atom. The second-order valence-electron chi connectivity index (χ2n) is 6.08. The van der Waals surface area contributed by atoms with Gasteiger partial charge in [-0.15, -0.1) is 0 Å². The number of anilines is 1. The summed E-state index contributed by atoms with van der Waals surface area (Å²) in [5.74, 6) is -1.10. The van der Waals surface area contributed by atoms with Gasteiger partial charge in [-0.3, -0.25) is 9.59 Å². The van der Waals surface area contributed by atoms with Crippen molar-refractivity contribution in [1.82, 2.24) is 5.32 Å². The van der Waals surface area contributed by atoms with Gasteiger partial charge in [-0.05, 0) is 37.8 Å². The van der Waals surface area contributed by atoms with E-state index in [4.69, 9.17) is 0 Å². The molecule has 1 spiro atoms. The third-order valence-electron chi connectivity index (χ3n) is 4.37. The molecule has 0 bridgehead atoms. The summed E-state index contributed by atoms with van der Waals surface area (Å²) in [6.45, 7) is 2.57. The summed E-state index contributed by atoms with van der Waals surface area (Å²) in [4.78, 5) is 25.9.